The van der Waals surface area contributed by atoms with Gasteiger partial charge in [-0.1, -0.05) is 42.5 Å². The number of nitrogens with zero attached hydrogens (tertiary/aromatic N) is 5. The number of aromatic nitrogens is 2. The molecule has 184 valence electrons. The first-order valence-corrected chi connectivity index (χ1v) is 12.5. The van der Waals surface area contributed by atoms with Crippen LogP contribution in [0.1, 0.15) is 34.5 Å². The summed E-state index contributed by atoms with van der Waals surface area (Å²) in [7, 11) is 0. The van der Waals surface area contributed by atoms with Crippen LogP contribution in [0.25, 0.3) is 11.1 Å². The van der Waals surface area contributed by atoms with Gasteiger partial charge in [0.25, 0.3) is 5.91 Å². The number of carboxylic acid groups (broad SMARTS) is 1. The van der Waals surface area contributed by atoms with Crippen molar-refractivity contribution < 1.29 is 14.7 Å². The average Bonchev–Trinajstić information content (AvgIpc) is 2.91. The van der Waals surface area contributed by atoms with Crippen LogP contribution in [0.5, 0.6) is 0 Å². The van der Waals surface area contributed by atoms with Crippen molar-refractivity contribution in [3.8, 4) is 11.1 Å². The zero-order valence-electron chi connectivity index (χ0n) is 20.1. The van der Waals surface area contributed by atoms with Crippen LogP contribution in [-0.2, 0) is 13.0 Å². The molecule has 1 aromatic heterocycles. The van der Waals surface area contributed by atoms with Crippen molar-refractivity contribution in [1.29, 1.82) is 0 Å². The number of anilines is 1. The summed E-state index contributed by atoms with van der Waals surface area (Å²) in [5.41, 5.74) is 5.12. The van der Waals surface area contributed by atoms with Gasteiger partial charge < -0.3 is 19.8 Å². The molecular formula is C28H29N5O3. The van der Waals surface area contributed by atoms with E-state index in [0.717, 1.165) is 54.1 Å². The molecule has 0 atom stereocenters. The van der Waals surface area contributed by atoms with Gasteiger partial charge in [-0.15, -0.1) is 0 Å². The molecule has 8 heteroatoms. The maximum atomic E-state index is 13.4. The van der Waals surface area contributed by atoms with Crippen molar-refractivity contribution in [2.24, 2.45) is 5.41 Å². The summed E-state index contributed by atoms with van der Waals surface area (Å²) in [4.78, 5) is 39.4. The number of rotatable bonds is 3. The van der Waals surface area contributed by atoms with E-state index in [9.17, 15) is 14.7 Å². The Morgan fingerprint density at radius 3 is 2.22 bits per heavy atom. The molecule has 6 rings (SSSR count). The van der Waals surface area contributed by atoms with Crippen molar-refractivity contribution in [2.75, 3.05) is 37.6 Å². The Hall–Kier alpha value is -3.94. The summed E-state index contributed by atoms with van der Waals surface area (Å²) >= 11 is 0. The summed E-state index contributed by atoms with van der Waals surface area (Å²) in [5, 5.41) is 9.25. The molecule has 2 fully saturated rings. The van der Waals surface area contributed by atoms with Crippen LogP contribution in [0, 0.1) is 5.41 Å². The number of likely N-dealkylation sites (tertiary alicyclic amines) is 1. The van der Waals surface area contributed by atoms with Crippen LogP contribution in [-0.4, -0.2) is 69.6 Å². The number of amides is 2. The van der Waals surface area contributed by atoms with Crippen LogP contribution >= 0.6 is 0 Å². The maximum absolute atomic E-state index is 13.4. The summed E-state index contributed by atoms with van der Waals surface area (Å²) in [6, 6.07) is 18.0. The van der Waals surface area contributed by atoms with Crippen molar-refractivity contribution in [3.05, 3.63) is 77.7 Å². The van der Waals surface area contributed by atoms with E-state index in [1.54, 1.807) is 6.33 Å². The van der Waals surface area contributed by atoms with Crippen molar-refractivity contribution in [2.45, 2.75) is 25.8 Å². The van der Waals surface area contributed by atoms with Gasteiger partial charge in [0.2, 0.25) is 0 Å². The van der Waals surface area contributed by atoms with E-state index in [1.165, 1.54) is 4.90 Å². The van der Waals surface area contributed by atoms with Gasteiger partial charge in [0.05, 0.1) is 12.2 Å². The fourth-order valence-electron chi connectivity index (χ4n) is 5.79. The lowest BCUT2D eigenvalue weighted by Crippen LogP contribution is -2.61. The van der Waals surface area contributed by atoms with Gasteiger partial charge in [-0.3, -0.25) is 4.79 Å². The lowest BCUT2D eigenvalue weighted by atomic mass is 9.72. The molecule has 8 nitrogen and oxygen atoms in total. The Kier molecular flexibility index (Phi) is 5.59. The fourth-order valence-corrected chi connectivity index (χ4v) is 5.79. The normalized spacial score (nSPS) is 18.5. The third kappa shape index (κ3) is 4.06. The fraction of sp³-hybridized carbons (Fsp3) is 0.357. The van der Waals surface area contributed by atoms with E-state index in [2.05, 4.69) is 27.0 Å². The minimum Gasteiger partial charge on any atom is -0.465 e. The standard InChI is InChI=1S/C28H29N5O3/c34-26(22-8-6-21(7-9-22)20-4-2-1-3-5-20)32-13-10-24-23(16-32)25(30-19-29-24)33-17-28(18-33)11-14-31(15-12-28)27(35)36/h1-9,19H,10-18H2,(H,35,36). The maximum Gasteiger partial charge on any atom is 0.407 e. The number of fused-ring (bicyclic) bond motifs is 1. The van der Waals surface area contributed by atoms with E-state index in [4.69, 9.17) is 0 Å². The highest BCUT2D eigenvalue weighted by Gasteiger charge is 2.47. The lowest BCUT2D eigenvalue weighted by Gasteiger charge is -2.54. The number of piperidine rings is 1. The van der Waals surface area contributed by atoms with Crippen molar-refractivity contribution in [3.63, 3.8) is 0 Å². The second-order valence-electron chi connectivity index (χ2n) is 10.2. The first-order chi connectivity index (χ1) is 17.5. The van der Waals surface area contributed by atoms with Gasteiger partial charge in [0.1, 0.15) is 12.1 Å². The Morgan fingerprint density at radius 2 is 1.53 bits per heavy atom. The molecule has 0 unspecified atom stereocenters. The zero-order chi connectivity index (χ0) is 24.7. The first kappa shape index (κ1) is 22.5. The van der Waals surface area contributed by atoms with E-state index < -0.39 is 6.09 Å². The number of hydrogen-bond donors (Lipinski definition) is 1. The largest absolute Gasteiger partial charge is 0.465 e. The summed E-state index contributed by atoms with van der Waals surface area (Å²) < 4.78 is 0. The predicted octanol–water partition coefficient (Wildman–Crippen LogP) is 3.92. The second kappa shape index (κ2) is 8.93. The quantitative estimate of drug-likeness (QED) is 0.607. The molecular weight excluding hydrogens is 454 g/mol. The molecule has 0 aliphatic carbocycles. The molecule has 1 N–H and O–H groups in total. The molecule has 4 heterocycles. The average molecular weight is 484 g/mol. The van der Waals surface area contributed by atoms with Crippen molar-refractivity contribution >= 4 is 17.8 Å². The van der Waals surface area contributed by atoms with Crippen LogP contribution in [0.4, 0.5) is 10.6 Å². The SMILES string of the molecule is O=C(O)N1CCC2(CC1)CN(c1ncnc3c1CN(C(=O)c1ccc(-c4ccccc4)cc1)CC3)C2. The second-order valence-corrected chi connectivity index (χ2v) is 10.2. The molecule has 2 amide bonds. The van der Waals surface area contributed by atoms with Gasteiger partial charge >= 0.3 is 6.09 Å². The van der Waals surface area contributed by atoms with Gasteiger partial charge in [-0.25, -0.2) is 14.8 Å². The molecule has 1 spiro atoms. The molecule has 0 bridgehead atoms. The molecule has 3 aliphatic rings. The van der Waals surface area contributed by atoms with Crippen molar-refractivity contribution in [1.82, 2.24) is 19.8 Å². The lowest BCUT2D eigenvalue weighted by molar-refractivity contribution is 0.0690. The van der Waals surface area contributed by atoms with E-state index in [0.29, 0.717) is 38.2 Å². The van der Waals surface area contributed by atoms with E-state index in [-0.39, 0.29) is 11.3 Å². The van der Waals surface area contributed by atoms with Gasteiger partial charge in [-0.2, -0.15) is 0 Å². The smallest absolute Gasteiger partial charge is 0.407 e. The number of carbonyl (C=O) groups excluding carboxylic acids is 1. The molecule has 36 heavy (non-hydrogen) atoms. The number of carbonyl (C=O) groups is 2. The zero-order valence-corrected chi connectivity index (χ0v) is 20.1. The number of hydrogen-bond acceptors (Lipinski definition) is 5. The minimum atomic E-state index is -0.828. The highest BCUT2D eigenvalue weighted by molar-refractivity contribution is 5.95. The van der Waals surface area contributed by atoms with Gasteiger partial charge in [0.15, 0.2) is 0 Å². The topological polar surface area (TPSA) is 89.9 Å². The molecule has 0 saturated carbocycles. The predicted molar refractivity (Wildman–Crippen MR) is 136 cm³/mol. The first-order valence-electron chi connectivity index (χ1n) is 12.5. The Balaban J connectivity index is 1.15. The highest BCUT2D eigenvalue weighted by atomic mass is 16.4. The summed E-state index contributed by atoms with van der Waals surface area (Å²) in [5.74, 6) is 0.944. The molecule has 2 aromatic carbocycles. The van der Waals surface area contributed by atoms with Crippen LogP contribution in [0.3, 0.4) is 0 Å². The Morgan fingerprint density at radius 1 is 0.833 bits per heavy atom. The third-order valence-electron chi connectivity index (χ3n) is 7.95. The minimum absolute atomic E-state index is 0.0242. The summed E-state index contributed by atoms with van der Waals surface area (Å²) in [6.45, 7) is 4.07. The van der Waals surface area contributed by atoms with E-state index in [1.807, 2.05) is 47.4 Å². The number of benzene rings is 2. The van der Waals surface area contributed by atoms with Crippen LogP contribution in [0.15, 0.2) is 60.9 Å². The molecule has 3 aromatic rings. The third-order valence-corrected chi connectivity index (χ3v) is 7.95. The molecule has 0 radical (unpaired) electrons. The Labute approximate surface area is 210 Å². The van der Waals surface area contributed by atoms with Crippen LogP contribution < -0.4 is 4.90 Å². The monoisotopic (exact) mass is 483 g/mol. The summed E-state index contributed by atoms with van der Waals surface area (Å²) in [6.07, 6.45) is 3.28. The molecule has 2 saturated heterocycles. The van der Waals surface area contributed by atoms with Gasteiger partial charge in [0, 0.05) is 55.7 Å². The highest BCUT2D eigenvalue weighted by Crippen LogP contribution is 2.43. The van der Waals surface area contributed by atoms with Gasteiger partial charge in [-0.05, 0) is 36.1 Å². The van der Waals surface area contributed by atoms with Crippen LogP contribution in [0.2, 0.25) is 0 Å². The van der Waals surface area contributed by atoms with E-state index >= 15 is 0 Å². The molecule has 3 aliphatic heterocycles. The Bertz CT molecular complexity index is 1280.